The van der Waals surface area contributed by atoms with E-state index in [-0.39, 0.29) is 18.6 Å². The van der Waals surface area contributed by atoms with Gasteiger partial charge in [0.2, 0.25) is 0 Å². The fourth-order valence-electron chi connectivity index (χ4n) is 2.96. The second-order valence-corrected chi connectivity index (χ2v) is 6.93. The van der Waals surface area contributed by atoms with Crippen molar-refractivity contribution >= 4 is 44.6 Å². The third-order valence-electron chi connectivity index (χ3n) is 4.23. The van der Waals surface area contributed by atoms with Gasteiger partial charge in [0, 0.05) is 16.6 Å². The van der Waals surface area contributed by atoms with Crippen LogP contribution in [-0.4, -0.2) is 35.1 Å². The highest BCUT2D eigenvalue weighted by Gasteiger charge is 2.35. The number of carbonyl (C=O) groups excluding carboxylic acids is 1. The van der Waals surface area contributed by atoms with Gasteiger partial charge >= 0.3 is 0 Å². The molecule has 0 bridgehead atoms. The largest absolute Gasteiger partial charge is 0.397 e. The van der Waals surface area contributed by atoms with Crippen molar-refractivity contribution in [2.75, 3.05) is 18.9 Å². The molecule has 0 saturated carbocycles. The van der Waals surface area contributed by atoms with Gasteiger partial charge in [0.1, 0.15) is 4.88 Å². The molecule has 2 heterocycles. The standard InChI is InChI=1S/C15H17ClN2O2S/c1-8-5-6-18(10(8)7-19)15(20)14-13(17)12-9(16)3-2-4-11(12)21-14/h2-4,8,10,19H,5-7,17H2,1H3. The predicted molar refractivity (Wildman–Crippen MR) is 86.9 cm³/mol. The molecule has 2 atom stereocenters. The number of likely N-dealkylation sites (tertiary alicyclic amines) is 1. The first-order valence-corrected chi connectivity index (χ1v) is 8.12. The summed E-state index contributed by atoms with van der Waals surface area (Å²) in [6.07, 6.45) is 0.905. The Morgan fingerprint density at radius 3 is 3.00 bits per heavy atom. The average molecular weight is 325 g/mol. The number of hydrogen-bond acceptors (Lipinski definition) is 4. The summed E-state index contributed by atoms with van der Waals surface area (Å²) >= 11 is 7.55. The SMILES string of the molecule is CC1CCN(C(=O)c2sc3cccc(Cl)c3c2N)C1CO. The minimum absolute atomic E-state index is 0.0154. The molecule has 1 fully saturated rings. The van der Waals surface area contributed by atoms with Crippen LogP contribution in [0.2, 0.25) is 5.02 Å². The van der Waals surface area contributed by atoms with Crippen molar-refractivity contribution in [1.29, 1.82) is 0 Å². The first-order chi connectivity index (χ1) is 10.0. The second kappa shape index (κ2) is 5.48. The van der Waals surface area contributed by atoms with Gasteiger partial charge in [-0.15, -0.1) is 11.3 Å². The summed E-state index contributed by atoms with van der Waals surface area (Å²) in [6.45, 7) is 2.70. The summed E-state index contributed by atoms with van der Waals surface area (Å²) < 4.78 is 0.913. The summed E-state index contributed by atoms with van der Waals surface area (Å²) in [5, 5.41) is 10.8. The monoisotopic (exact) mass is 324 g/mol. The molecule has 1 aliphatic heterocycles. The molecule has 1 aromatic heterocycles. The van der Waals surface area contributed by atoms with E-state index in [0.29, 0.717) is 28.0 Å². The van der Waals surface area contributed by atoms with Crippen LogP contribution in [0, 0.1) is 5.92 Å². The Balaban J connectivity index is 2.03. The van der Waals surface area contributed by atoms with Gasteiger partial charge in [-0.05, 0) is 24.5 Å². The van der Waals surface area contributed by atoms with Crippen molar-refractivity contribution in [3.63, 3.8) is 0 Å². The van der Waals surface area contributed by atoms with Crippen molar-refractivity contribution in [1.82, 2.24) is 4.90 Å². The Labute approximate surface area is 132 Å². The van der Waals surface area contributed by atoms with Crippen LogP contribution in [0.5, 0.6) is 0 Å². The Kier molecular flexibility index (Phi) is 3.82. The highest BCUT2D eigenvalue weighted by atomic mass is 35.5. The predicted octanol–water partition coefficient (Wildman–Crippen LogP) is 2.98. The molecular weight excluding hydrogens is 308 g/mol. The molecule has 2 aromatic rings. The van der Waals surface area contributed by atoms with E-state index in [0.717, 1.165) is 16.5 Å². The van der Waals surface area contributed by atoms with Gasteiger partial charge in [-0.25, -0.2) is 0 Å². The topological polar surface area (TPSA) is 66.6 Å². The van der Waals surface area contributed by atoms with E-state index in [4.69, 9.17) is 17.3 Å². The zero-order valence-electron chi connectivity index (χ0n) is 11.7. The molecule has 21 heavy (non-hydrogen) atoms. The van der Waals surface area contributed by atoms with E-state index in [2.05, 4.69) is 6.92 Å². The molecule has 2 unspecified atom stereocenters. The first-order valence-electron chi connectivity index (χ1n) is 6.93. The summed E-state index contributed by atoms with van der Waals surface area (Å²) in [4.78, 5) is 15.0. The molecule has 3 N–H and O–H groups in total. The first kappa shape index (κ1) is 14.6. The Morgan fingerprint density at radius 1 is 1.57 bits per heavy atom. The van der Waals surface area contributed by atoms with E-state index in [1.807, 2.05) is 12.1 Å². The maximum Gasteiger partial charge on any atom is 0.266 e. The number of nitrogens with zero attached hydrogens (tertiary/aromatic N) is 1. The van der Waals surface area contributed by atoms with Crippen LogP contribution >= 0.6 is 22.9 Å². The molecule has 0 spiro atoms. The van der Waals surface area contributed by atoms with Gasteiger partial charge in [0.15, 0.2) is 0 Å². The minimum Gasteiger partial charge on any atom is -0.397 e. The van der Waals surface area contributed by atoms with Gasteiger partial charge in [-0.1, -0.05) is 24.6 Å². The summed E-state index contributed by atoms with van der Waals surface area (Å²) in [7, 11) is 0. The number of rotatable bonds is 2. The zero-order chi connectivity index (χ0) is 15.1. The van der Waals surface area contributed by atoms with Crippen LogP contribution in [0.3, 0.4) is 0 Å². The smallest absolute Gasteiger partial charge is 0.266 e. The molecule has 6 heteroatoms. The summed E-state index contributed by atoms with van der Waals surface area (Å²) in [6, 6.07) is 5.41. The van der Waals surface area contributed by atoms with E-state index in [1.54, 1.807) is 11.0 Å². The lowest BCUT2D eigenvalue weighted by molar-refractivity contribution is 0.0654. The minimum atomic E-state index is -0.127. The molecule has 1 aromatic carbocycles. The fraction of sp³-hybridized carbons (Fsp3) is 0.400. The normalized spacial score (nSPS) is 22.1. The third-order valence-corrected chi connectivity index (χ3v) is 5.70. The number of nitrogen functional groups attached to an aromatic ring is 1. The van der Waals surface area contributed by atoms with Gasteiger partial charge in [-0.2, -0.15) is 0 Å². The molecule has 1 aliphatic rings. The third kappa shape index (κ3) is 2.29. The molecule has 1 amide bonds. The number of thiophene rings is 1. The number of aliphatic hydroxyl groups is 1. The van der Waals surface area contributed by atoms with Crippen molar-refractivity contribution in [2.45, 2.75) is 19.4 Å². The average Bonchev–Trinajstić information content (AvgIpc) is 3.00. The van der Waals surface area contributed by atoms with E-state index in [9.17, 15) is 9.90 Å². The molecule has 0 aliphatic carbocycles. The number of carbonyl (C=O) groups is 1. The van der Waals surface area contributed by atoms with Gasteiger partial charge < -0.3 is 15.7 Å². The molecule has 0 radical (unpaired) electrons. The van der Waals surface area contributed by atoms with Gasteiger partial charge in [0.05, 0.1) is 23.4 Å². The Morgan fingerprint density at radius 2 is 2.33 bits per heavy atom. The Bertz CT molecular complexity index is 700. The quantitative estimate of drug-likeness (QED) is 0.892. The number of halogens is 1. The molecular formula is C15H17ClN2O2S. The Hall–Kier alpha value is -1.30. The van der Waals surface area contributed by atoms with Crippen LogP contribution < -0.4 is 5.73 Å². The highest BCUT2D eigenvalue weighted by Crippen LogP contribution is 2.39. The van der Waals surface area contributed by atoms with Crippen molar-refractivity contribution in [3.05, 3.63) is 28.1 Å². The number of hydrogen-bond donors (Lipinski definition) is 2. The van der Waals surface area contributed by atoms with E-state index >= 15 is 0 Å². The molecule has 3 rings (SSSR count). The number of benzene rings is 1. The number of nitrogens with two attached hydrogens (primary N) is 1. The van der Waals surface area contributed by atoms with Crippen LogP contribution in [0.15, 0.2) is 18.2 Å². The molecule has 4 nitrogen and oxygen atoms in total. The number of amides is 1. The van der Waals surface area contributed by atoms with E-state index < -0.39 is 0 Å². The molecule has 112 valence electrons. The fourth-order valence-corrected chi connectivity index (χ4v) is 4.39. The maximum atomic E-state index is 12.8. The van der Waals surface area contributed by atoms with Crippen LogP contribution in [-0.2, 0) is 0 Å². The van der Waals surface area contributed by atoms with Crippen molar-refractivity contribution in [3.8, 4) is 0 Å². The van der Waals surface area contributed by atoms with Gasteiger partial charge in [-0.3, -0.25) is 4.79 Å². The lowest BCUT2D eigenvalue weighted by Crippen LogP contribution is -2.39. The summed E-state index contributed by atoms with van der Waals surface area (Å²) in [5.41, 5.74) is 6.59. The maximum absolute atomic E-state index is 12.8. The zero-order valence-corrected chi connectivity index (χ0v) is 13.2. The molecule has 1 saturated heterocycles. The van der Waals surface area contributed by atoms with Crippen LogP contribution in [0.25, 0.3) is 10.1 Å². The second-order valence-electron chi connectivity index (χ2n) is 5.47. The van der Waals surface area contributed by atoms with Crippen LogP contribution in [0.1, 0.15) is 23.0 Å². The highest BCUT2D eigenvalue weighted by molar-refractivity contribution is 7.21. The lowest BCUT2D eigenvalue weighted by atomic mass is 10.0. The van der Waals surface area contributed by atoms with E-state index in [1.165, 1.54) is 11.3 Å². The lowest BCUT2D eigenvalue weighted by Gasteiger charge is -2.24. The number of aliphatic hydroxyl groups excluding tert-OH is 1. The summed E-state index contributed by atoms with van der Waals surface area (Å²) in [5.74, 6) is 0.200. The van der Waals surface area contributed by atoms with Crippen molar-refractivity contribution in [2.24, 2.45) is 5.92 Å². The van der Waals surface area contributed by atoms with Crippen LogP contribution in [0.4, 0.5) is 5.69 Å². The van der Waals surface area contributed by atoms with Gasteiger partial charge in [0.25, 0.3) is 5.91 Å². The van der Waals surface area contributed by atoms with Crippen molar-refractivity contribution < 1.29 is 9.90 Å². The number of anilines is 1. The number of fused-ring (bicyclic) bond motifs is 1.